The van der Waals surface area contributed by atoms with Gasteiger partial charge in [0.05, 0.1) is 12.2 Å². The molecule has 106 valence electrons. The number of hydrogen-bond donors (Lipinski definition) is 3. The summed E-state index contributed by atoms with van der Waals surface area (Å²) in [6, 6.07) is 5.52. The first-order valence-corrected chi connectivity index (χ1v) is 8.82. The van der Waals surface area contributed by atoms with Crippen molar-refractivity contribution >= 4 is 42.3 Å². The van der Waals surface area contributed by atoms with E-state index in [-0.39, 0.29) is 0 Å². The van der Waals surface area contributed by atoms with Gasteiger partial charge in [0.2, 0.25) is 0 Å². The lowest BCUT2D eigenvalue weighted by Gasteiger charge is -2.28. The Balaban J connectivity index is 2.97. The molecule has 0 amide bonds. The van der Waals surface area contributed by atoms with Crippen molar-refractivity contribution in [1.82, 2.24) is 4.72 Å². The summed E-state index contributed by atoms with van der Waals surface area (Å²) in [5.74, 6) is 0. The third-order valence-electron chi connectivity index (χ3n) is 2.18. The summed E-state index contributed by atoms with van der Waals surface area (Å²) in [5.41, 5.74) is 1.39. The predicted molar refractivity (Wildman–Crippen MR) is 78.7 cm³/mol. The minimum absolute atomic E-state index is 0.530. The average Bonchev–Trinajstić information content (AvgIpc) is 2.33. The number of benzene rings is 1. The molecule has 1 rings (SSSR count). The molecule has 0 aromatic heterocycles. The van der Waals surface area contributed by atoms with E-state index in [9.17, 15) is 19.0 Å². The van der Waals surface area contributed by atoms with Crippen LogP contribution in [-0.4, -0.2) is 22.4 Å². The standard InChI is InChI=1S/C10H14FN2O3PS2/c1-2-8-5-3-4-6-9(8)13(17(15,16)18)19-12-7-10(11)14/h3-6,12H,2,7H2,1H3,(H2,15,16,18). The Morgan fingerprint density at radius 3 is 2.68 bits per heavy atom. The molecule has 3 N–H and O–H groups in total. The number of para-hydroxylation sites is 1. The fraction of sp³-hybridized carbons (Fsp3) is 0.300. The molecule has 0 heterocycles. The highest BCUT2D eigenvalue weighted by Crippen LogP contribution is 2.49. The van der Waals surface area contributed by atoms with E-state index < -0.39 is 19.2 Å². The maximum absolute atomic E-state index is 12.1. The third kappa shape index (κ3) is 5.18. The summed E-state index contributed by atoms with van der Waals surface area (Å²) in [6.45, 7) is -2.39. The van der Waals surface area contributed by atoms with E-state index in [1.807, 2.05) is 19.1 Å². The van der Waals surface area contributed by atoms with Gasteiger partial charge in [0.15, 0.2) is 0 Å². The van der Waals surface area contributed by atoms with Crippen LogP contribution in [0.1, 0.15) is 12.5 Å². The Kier molecular flexibility index (Phi) is 6.38. The molecule has 9 heteroatoms. The lowest BCUT2D eigenvalue weighted by Crippen LogP contribution is -2.22. The zero-order chi connectivity index (χ0) is 14.5. The molecule has 0 unspecified atom stereocenters. The third-order valence-corrected chi connectivity index (χ3v) is 5.24. The van der Waals surface area contributed by atoms with E-state index in [0.717, 1.165) is 9.64 Å². The number of anilines is 1. The highest BCUT2D eigenvalue weighted by molar-refractivity contribution is 8.18. The second-order valence-corrected chi connectivity index (χ2v) is 7.54. The first kappa shape index (κ1) is 16.6. The highest BCUT2D eigenvalue weighted by Gasteiger charge is 2.24. The minimum atomic E-state index is -3.76. The van der Waals surface area contributed by atoms with Crippen LogP contribution in [0.2, 0.25) is 0 Å². The molecule has 0 atom stereocenters. The number of aryl methyl sites for hydroxylation is 1. The quantitative estimate of drug-likeness (QED) is 0.402. The molecule has 0 fully saturated rings. The van der Waals surface area contributed by atoms with Gasteiger partial charge < -0.3 is 9.79 Å². The van der Waals surface area contributed by atoms with Crippen LogP contribution in [0, 0.1) is 0 Å². The van der Waals surface area contributed by atoms with Crippen molar-refractivity contribution in [3.8, 4) is 0 Å². The molecule has 19 heavy (non-hydrogen) atoms. The molecule has 0 radical (unpaired) electrons. The maximum Gasteiger partial charge on any atom is 0.316 e. The number of carbonyl (C=O) groups excluding carboxylic acids is 1. The molecule has 0 saturated carbocycles. The van der Waals surface area contributed by atoms with Gasteiger partial charge in [-0.2, -0.15) is 4.39 Å². The SMILES string of the molecule is CCc1ccccc1N(SNCC(=O)F)P(O)(O)=S. The first-order valence-electron chi connectivity index (χ1n) is 5.38. The van der Waals surface area contributed by atoms with E-state index in [1.54, 1.807) is 12.1 Å². The van der Waals surface area contributed by atoms with Gasteiger partial charge in [-0.25, -0.2) is 8.80 Å². The van der Waals surface area contributed by atoms with Crippen molar-refractivity contribution in [3.63, 3.8) is 0 Å². The van der Waals surface area contributed by atoms with Crippen molar-refractivity contribution in [1.29, 1.82) is 0 Å². The van der Waals surface area contributed by atoms with Crippen molar-refractivity contribution in [2.45, 2.75) is 13.3 Å². The largest absolute Gasteiger partial charge is 0.329 e. The molecular weight excluding hydrogens is 310 g/mol. The maximum atomic E-state index is 12.1. The Hall–Kier alpha value is -0.500. The molecule has 0 aliphatic rings. The molecule has 1 aromatic carbocycles. The zero-order valence-corrected chi connectivity index (χ0v) is 12.6. The monoisotopic (exact) mass is 324 g/mol. The predicted octanol–water partition coefficient (Wildman–Crippen LogP) is 1.91. The Morgan fingerprint density at radius 2 is 2.16 bits per heavy atom. The molecule has 0 spiro atoms. The lowest BCUT2D eigenvalue weighted by atomic mass is 10.1. The van der Waals surface area contributed by atoms with Crippen LogP contribution in [0.25, 0.3) is 0 Å². The topological polar surface area (TPSA) is 72.8 Å². The van der Waals surface area contributed by atoms with Crippen LogP contribution in [0.15, 0.2) is 24.3 Å². The van der Waals surface area contributed by atoms with Crippen molar-refractivity contribution < 1.29 is 19.0 Å². The second-order valence-electron chi connectivity index (χ2n) is 3.54. The van der Waals surface area contributed by atoms with Crippen LogP contribution in [-0.2, 0) is 23.0 Å². The number of nitrogens with zero attached hydrogens (tertiary/aromatic N) is 1. The van der Waals surface area contributed by atoms with Crippen LogP contribution < -0.4 is 8.80 Å². The normalized spacial score (nSPS) is 11.4. The molecule has 0 aliphatic heterocycles. The summed E-state index contributed by atoms with van der Waals surface area (Å²) in [4.78, 5) is 29.6. The van der Waals surface area contributed by atoms with E-state index in [0.29, 0.717) is 24.2 Å². The Labute approximate surface area is 120 Å². The van der Waals surface area contributed by atoms with Crippen molar-refractivity contribution in [2.24, 2.45) is 0 Å². The number of rotatable bonds is 7. The van der Waals surface area contributed by atoms with E-state index in [1.165, 1.54) is 0 Å². The molecule has 0 aliphatic carbocycles. The van der Waals surface area contributed by atoms with Crippen LogP contribution in [0.4, 0.5) is 10.1 Å². The van der Waals surface area contributed by atoms with Crippen LogP contribution >= 0.6 is 18.8 Å². The van der Waals surface area contributed by atoms with Gasteiger partial charge in [0, 0.05) is 12.1 Å². The summed E-state index contributed by atoms with van der Waals surface area (Å²) < 4.78 is 15.6. The van der Waals surface area contributed by atoms with Gasteiger partial charge in [-0.15, -0.1) is 0 Å². The molecule has 1 aromatic rings. The number of nitrogens with one attached hydrogen (secondary N) is 1. The van der Waals surface area contributed by atoms with Crippen LogP contribution in [0.3, 0.4) is 0 Å². The highest BCUT2D eigenvalue weighted by atomic mass is 32.5. The molecule has 5 nitrogen and oxygen atoms in total. The average molecular weight is 324 g/mol. The van der Waals surface area contributed by atoms with Gasteiger partial charge in [-0.05, 0) is 29.9 Å². The number of hydrogen-bond acceptors (Lipinski definition) is 4. The first-order chi connectivity index (χ1) is 8.86. The smallest absolute Gasteiger partial charge is 0.316 e. The molecular formula is C10H14FN2O3PS2. The zero-order valence-electron chi connectivity index (χ0n) is 10.1. The van der Waals surface area contributed by atoms with Gasteiger partial charge in [-0.3, -0.25) is 4.79 Å². The summed E-state index contributed by atoms with van der Waals surface area (Å²) in [6.07, 6.45) is 0.671. The summed E-state index contributed by atoms with van der Waals surface area (Å²) in [5, 5.41) is 0. The summed E-state index contributed by atoms with van der Waals surface area (Å²) >= 11 is 5.39. The van der Waals surface area contributed by atoms with E-state index in [2.05, 4.69) is 16.5 Å². The van der Waals surface area contributed by atoms with E-state index in [4.69, 9.17) is 0 Å². The number of carbonyl (C=O) groups is 1. The molecule has 0 saturated heterocycles. The second kappa shape index (κ2) is 7.33. The van der Waals surface area contributed by atoms with E-state index >= 15 is 0 Å². The van der Waals surface area contributed by atoms with Gasteiger partial charge >= 0.3 is 6.04 Å². The van der Waals surface area contributed by atoms with Crippen molar-refractivity contribution in [3.05, 3.63) is 29.8 Å². The minimum Gasteiger partial charge on any atom is -0.329 e. The Morgan fingerprint density at radius 1 is 1.53 bits per heavy atom. The van der Waals surface area contributed by atoms with Gasteiger partial charge in [0.25, 0.3) is 6.64 Å². The van der Waals surface area contributed by atoms with Gasteiger partial charge in [-0.1, -0.05) is 25.1 Å². The lowest BCUT2D eigenvalue weighted by molar-refractivity contribution is -0.127. The Bertz CT molecular complexity index is 497. The fourth-order valence-corrected chi connectivity index (χ4v) is 3.60. The van der Waals surface area contributed by atoms with Gasteiger partial charge in [0.1, 0.15) is 0 Å². The fourth-order valence-electron chi connectivity index (χ4n) is 1.39. The van der Waals surface area contributed by atoms with Crippen LogP contribution in [0.5, 0.6) is 0 Å². The van der Waals surface area contributed by atoms with Crippen molar-refractivity contribution in [2.75, 3.05) is 10.6 Å². The summed E-state index contributed by atoms with van der Waals surface area (Å²) in [7, 11) is 0. The molecule has 0 bridgehead atoms. The number of halogens is 1.